The number of benzene rings is 3. The Morgan fingerprint density at radius 2 is 1.36 bits per heavy atom. The van der Waals surface area contributed by atoms with Crippen molar-refractivity contribution in [1.29, 1.82) is 0 Å². The van der Waals surface area contributed by atoms with Gasteiger partial charge in [0.2, 0.25) is 5.91 Å². The molecule has 1 N–H and O–H groups in total. The van der Waals surface area contributed by atoms with E-state index in [0.29, 0.717) is 6.42 Å². The number of carbonyl (C=O) groups is 1. The van der Waals surface area contributed by atoms with Crippen molar-refractivity contribution in [2.75, 3.05) is 26.0 Å². The van der Waals surface area contributed by atoms with Crippen LogP contribution in [0.1, 0.15) is 29.0 Å². The van der Waals surface area contributed by atoms with Crippen molar-refractivity contribution in [3.63, 3.8) is 0 Å². The Bertz CT molecular complexity index is 819. The lowest BCUT2D eigenvalue weighted by molar-refractivity contribution is -0.116. The third kappa shape index (κ3) is 5.80. The molecule has 1 amide bonds. The highest BCUT2D eigenvalue weighted by atomic mass is 16.1. The van der Waals surface area contributed by atoms with Crippen LogP contribution in [-0.2, 0) is 11.2 Å². The summed E-state index contributed by atoms with van der Waals surface area (Å²) in [6.07, 6.45) is 1.42. The van der Waals surface area contributed by atoms with E-state index in [1.165, 1.54) is 5.56 Å². The third-order valence-corrected chi connectivity index (χ3v) is 4.88. The summed E-state index contributed by atoms with van der Waals surface area (Å²) in [5, 5.41) is 3.05. The lowest BCUT2D eigenvalue weighted by atomic mass is 9.88. The molecule has 0 heterocycles. The molecule has 3 rings (SSSR count). The van der Waals surface area contributed by atoms with Gasteiger partial charge in [-0.2, -0.15) is 0 Å². The van der Waals surface area contributed by atoms with Crippen LogP contribution < -0.4 is 5.32 Å². The van der Waals surface area contributed by atoms with Crippen molar-refractivity contribution in [3.8, 4) is 0 Å². The van der Waals surface area contributed by atoms with Gasteiger partial charge in [0.1, 0.15) is 0 Å². The van der Waals surface area contributed by atoms with Crippen molar-refractivity contribution in [1.82, 2.24) is 4.90 Å². The highest BCUT2D eigenvalue weighted by Crippen LogP contribution is 2.28. The molecule has 3 nitrogen and oxygen atoms in total. The summed E-state index contributed by atoms with van der Waals surface area (Å²) in [6, 6.07) is 28.6. The first kappa shape index (κ1) is 19.8. The minimum Gasteiger partial charge on any atom is -0.326 e. The number of anilines is 1. The van der Waals surface area contributed by atoms with Gasteiger partial charge in [0.15, 0.2) is 0 Å². The van der Waals surface area contributed by atoms with Gasteiger partial charge in [-0.05, 0) is 49.3 Å². The monoisotopic (exact) mass is 372 g/mol. The van der Waals surface area contributed by atoms with E-state index in [4.69, 9.17) is 0 Å². The first-order valence-electron chi connectivity index (χ1n) is 9.75. The van der Waals surface area contributed by atoms with Crippen molar-refractivity contribution in [2.45, 2.75) is 18.8 Å². The molecule has 0 aromatic heterocycles. The first-order valence-corrected chi connectivity index (χ1v) is 9.75. The standard InChI is InChI=1S/C25H28N2O/c1-27(2)18-17-20-13-15-23(16-14-20)26-25(28)19-24(21-9-5-3-6-10-21)22-11-7-4-8-12-22/h3-16,24H,17-19H2,1-2H3,(H,26,28). The van der Waals surface area contributed by atoms with Crippen molar-refractivity contribution in [3.05, 3.63) is 102 Å². The van der Waals surface area contributed by atoms with E-state index in [0.717, 1.165) is 29.8 Å². The molecule has 0 spiro atoms. The summed E-state index contributed by atoms with van der Waals surface area (Å²) >= 11 is 0. The SMILES string of the molecule is CN(C)CCc1ccc(NC(=O)CC(c2ccccc2)c2ccccc2)cc1. The quantitative estimate of drug-likeness (QED) is 0.607. The Labute approximate surface area is 168 Å². The van der Waals surface area contributed by atoms with Crippen LogP contribution in [0, 0.1) is 0 Å². The van der Waals surface area contributed by atoms with Gasteiger partial charge in [-0.1, -0.05) is 72.8 Å². The Kier molecular flexibility index (Phi) is 6.99. The van der Waals surface area contributed by atoms with Gasteiger partial charge in [0.25, 0.3) is 0 Å². The fraction of sp³-hybridized carbons (Fsp3) is 0.240. The Hall–Kier alpha value is -2.91. The largest absolute Gasteiger partial charge is 0.326 e. The maximum atomic E-state index is 12.8. The van der Waals surface area contributed by atoms with Gasteiger partial charge in [-0.15, -0.1) is 0 Å². The second-order valence-corrected chi connectivity index (χ2v) is 7.38. The van der Waals surface area contributed by atoms with Gasteiger partial charge in [-0.3, -0.25) is 4.79 Å². The van der Waals surface area contributed by atoms with Gasteiger partial charge in [0.05, 0.1) is 0 Å². The zero-order chi connectivity index (χ0) is 19.8. The zero-order valence-corrected chi connectivity index (χ0v) is 16.6. The van der Waals surface area contributed by atoms with Crippen LogP contribution in [0.2, 0.25) is 0 Å². The van der Waals surface area contributed by atoms with Crippen LogP contribution in [-0.4, -0.2) is 31.4 Å². The summed E-state index contributed by atoms with van der Waals surface area (Å²) in [4.78, 5) is 14.9. The molecule has 3 aromatic rings. The molecule has 0 unspecified atom stereocenters. The maximum absolute atomic E-state index is 12.8. The summed E-state index contributed by atoms with van der Waals surface area (Å²) in [7, 11) is 4.15. The smallest absolute Gasteiger partial charge is 0.225 e. The zero-order valence-electron chi connectivity index (χ0n) is 16.6. The Balaban J connectivity index is 1.67. The second-order valence-electron chi connectivity index (χ2n) is 7.38. The molecule has 0 radical (unpaired) electrons. The highest BCUT2D eigenvalue weighted by molar-refractivity contribution is 5.91. The summed E-state index contributed by atoms with van der Waals surface area (Å²) in [5.74, 6) is 0.0699. The van der Waals surface area contributed by atoms with Crippen LogP contribution in [0.3, 0.4) is 0 Å². The molecule has 144 valence electrons. The number of carbonyl (C=O) groups excluding carboxylic acids is 1. The van der Waals surface area contributed by atoms with Crippen LogP contribution in [0.15, 0.2) is 84.9 Å². The van der Waals surface area contributed by atoms with Crippen molar-refractivity contribution in [2.24, 2.45) is 0 Å². The highest BCUT2D eigenvalue weighted by Gasteiger charge is 2.18. The second kappa shape index (κ2) is 9.86. The third-order valence-electron chi connectivity index (χ3n) is 4.88. The number of nitrogens with one attached hydrogen (secondary N) is 1. The molecule has 28 heavy (non-hydrogen) atoms. The molecule has 0 aliphatic rings. The predicted octanol–water partition coefficient (Wildman–Crippen LogP) is 4.95. The average molecular weight is 373 g/mol. The molecular weight excluding hydrogens is 344 g/mol. The number of hydrogen-bond donors (Lipinski definition) is 1. The number of likely N-dealkylation sites (N-methyl/N-ethyl adjacent to an activating group) is 1. The Morgan fingerprint density at radius 1 is 0.821 bits per heavy atom. The van der Waals surface area contributed by atoms with E-state index in [1.54, 1.807) is 0 Å². The van der Waals surface area contributed by atoms with Crippen LogP contribution in [0.5, 0.6) is 0 Å². The normalized spacial score (nSPS) is 11.0. The Morgan fingerprint density at radius 3 is 1.86 bits per heavy atom. The van der Waals surface area contributed by atoms with E-state index < -0.39 is 0 Å². The number of rotatable bonds is 8. The number of hydrogen-bond acceptors (Lipinski definition) is 2. The van der Waals surface area contributed by atoms with Crippen LogP contribution in [0.25, 0.3) is 0 Å². The topological polar surface area (TPSA) is 32.3 Å². The van der Waals surface area contributed by atoms with E-state index in [-0.39, 0.29) is 11.8 Å². The van der Waals surface area contributed by atoms with Crippen molar-refractivity contribution >= 4 is 11.6 Å². The van der Waals surface area contributed by atoms with Crippen molar-refractivity contribution < 1.29 is 4.79 Å². The number of nitrogens with zero attached hydrogens (tertiary/aromatic N) is 1. The van der Waals surface area contributed by atoms with Crippen LogP contribution in [0.4, 0.5) is 5.69 Å². The molecule has 0 aliphatic heterocycles. The van der Waals surface area contributed by atoms with E-state index in [1.807, 2.05) is 48.5 Å². The molecule has 0 atom stereocenters. The number of amides is 1. The van der Waals surface area contributed by atoms with E-state index in [9.17, 15) is 4.79 Å². The summed E-state index contributed by atoms with van der Waals surface area (Å²) < 4.78 is 0. The maximum Gasteiger partial charge on any atom is 0.225 e. The molecule has 3 aromatic carbocycles. The lowest BCUT2D eigenvalue weighted by Crippen LogP contribution is -2.17. The van der Waals surface area contributed by atoms with E-state index >= 15 is 0 Å². The van der Waals surface area contributed by atoms with Crippen LogP contribution >= 0.6 is 0 Å². The fourth-order valence-corrected chi connectivity index (χ4v) is 3.30. The van der Waals surface area contributed by atoms with Gasteiger partial charge in [-0.25, -0.2) is 0 Å². The minimum absolute atomic E-state index is 0.0266. The molecule has 3 heteroatoms. The average Bonchev–Trinajstić information content (AvgIpc) is 2.73. The molecular formula is C25H28N2O. The van der Waals surface area contributed by atoms with Gasteiger partial charge < -0.3 is 10.2 Å². The molecule has 0 aliphatic carbocycles. The molecule has 0 saturated heterocycles. The molecule has 0 bridgehead atoms. The first-order chi connectivity index (χ1) is 13.6. The minimum atomic E-state index is 0.0266. The van der Waals surface area contributed by atoms with E-state index in [2.05, 4.69) is 60.7 Å². The predicted molar refractivity (Wildman–Crippen MR) is 117 cm³/mol. The fourth-order valence-electron chi connectivity index (χ4n) is 3.30. The lowest BCUT2D eigenvalue weighted by Gasteiger charge is -2.18. The molecule has 0 saturated carbocycles. The summed E-state index contributed by atoms with van der Waals surface area (Å²) in [5.41, 5.74) is 4.43. The summed E-state index contributed by atoms with van der Waals surface area (Å²) in [6.45, 7) is 1.02. The molecule has 0 fully saturated rings. The van der Waals surface area contributed by atoms with Gasteiger partial charge in [0, 0.05) is 24.6 Å². The van der Waals surface area contributed by atoms with Gasteiger partial charge >= 0.3 is 0 Å².